The van der Waals surface area contributed by atoms with E-state index in [1.807, 2.05) is 18.2 Å². The predicted molar refractivity (Wildman–Crippen MR) is 75.5 cm³/mol. The van der Waals surface area contributed by atoms with Gasteiger partial charge in [-0.3, -0.25) is 9.59 Å². The van der Waals surface area contributed by atoms with Gasteiger partial charge in [0, 0.05) is 11.9 Å². The SMILES string of the molecule is CCCCc1ccc2c(c1)C(=O)C(=O)N2CCBr. The molecule has 0 unspecified atom stereocenters. The summed E-state index contributed by atoms with van der Waals surface area (Å²) in [6, 6.07) is 5.78. The number of halogens is 1. The second-order valence-electron chi connectivity index (χ2n) is 4.43. The van der Waals surface area contributed by atoms with Crippen LogP contribution in [-0.2, 0) is 11.2 Å². The van der Waals surface area contributed by atoms with Gasteiger partial charge in [0.15, 0.2) is 0 Å². The molecule has 0 fully saturated rings. The summed E-state index contributed by atoms with van der Waals surface area (Å²) in [5, 5.41) is 0.670. The fraction of sp³-hybridized carbons (Fsp3) is 0.429. The fourth-order valence-corrected chi connectivity index (χ4v) is 2.55. The van der Waals surface area contributed by atoms with Gasteiger partial charge in [-0.2, -0.15) is 0 Å². The van der Waals surface area contributed by atoms with Crippen LogP contribution in [0.15, 0.2) is 18.2 Å². The molecular formula is C14H16BrNO2. The molecule has 1 aliphatic rings. The Morgan fingerprint density at radius 1 is 1.28 bits per heavy atom. The lowest BCUT2D eigenvalue weighted by atomic mass is 10.0. The van der Waals surface area contributed by atoms with Crippen LogP contribution in [0.2, 0.25) is 0 Å². The van der Waals surface area contributed by atoms with Crippen LogP contribution in [0.5, 0.6) is 0 Å². The second-order valence-corrected chi connectivity index (χ2v) is 5.22. The summed E-state index contributed by atoms with van der Waals surface area (Å²) in [6.45, 7) is 2.67. The topological polar surface area (TPSA) is 37.4 Å². The van der Waals surface area contributed by atoms with Gasteiger partial charge in [-0.1, -0.05) is 35.3 Å². The molecular weight excluding hydrogens is 294 g/mol. The molecule has 18 heavy (non-hydrogen) atoms. The lowest BCUT2D eigenvalue weighted by Crippen LogP contribution is -2.31. The molecule has 0 bridgehead atoms. The Morgan fingerprint density at radius 2 is 2.06 bits per heavy atom. The molecule has 1 amide bonds. The van der Waals surface area contributed by atoms with E-state index in [4.69, 9.17) is 0 Å². The van der Waals surface area contributed by atoms with Crippen molar-refractivity contribution in [1.82, 2.24) is 0 Å². The molecule has 1 heterocycles. The zero-order chi connectivity index (χ0) is 13.1. The standard InChI is InChI=1S/C14H16BrNO2/c1-2-3-4-10-5-6-12-11(9-10)13(17)14(18)16(12)8-7-15/h5-6,9H,2-4,7-8H2,1H3. The normalized spacial score (nSPS) is 14.2. The van der Waals surface area contributed by atoms with E-state index >= 15 is 0 Å². The summed E-state index contributed by atoms with van der Waals surface area (Å²) in [4.78, 5) is 25.3. The van der Waals surface area contributed by atoms with E-state index in [2.05, 4.69) is 22.9 Å². The molecule has 3 nitrogen and oxygen atoms in total. The molecule has 0 N–H and O–H groups in total. The number of fused-ring (bicyclic) bond motifs is 1. The number of ketones is 1. The summed E-state index contributed by atoms with van der Waals surface area (Å²) < 4.78 is 0. The molecule has 0 saturated heterocycles. The Balaban J connectivity index is 2.31. The van der Waals surface area contributed by atoms with Crippen molar-refractivity contribution in [3.8, 4) is 0 Å². The number of alkyl halides is 1. The zero-order valence-electron chi connectivity index (χ0n) is 10.4. The minimum atomic E-state index is -0.405. The molecule has 1 aliphatic heterocycles. The number of carbonyl (C=O) groups excluding carboxylic acids is 2. The van der Waals surface area contributed by atoms with Gasteiger partial charge >= 0.3 is 0 Å². The molecule has 0 aliphatic carbocycles. The number of carbonyl (C=O) groups is 2. The summed E-state index contributed by atoms with van der Waals surface area (Å²) in [6.07, 6.45) is 3.19. The fourth-order valence-electron chi connectivity index (χ4n) is 2.19. The molecule has 96 valence electrons. The van der Waals surface area contributed by atoms with Crippen LogP contribution in [0.4, 0.5) is 5.69 Å². The Kier molecular flexibility index (Phi) is 4.17. The van der Waals surface area contributed by atoms with Gasteiger partial charge in [0.05, 0.1) is 11.3 Å². The van der Waals surface area contributed by atoms with Crippen molar-refractivity contribution in [3.63, 3.8) is 0 Å². The van der Waals surface area contributed by atoms with E-state index in [-0.39, 0.29) is 5.78 Å². The van der Waals surface area contributed by atoms with Crippen molar-refractivity contribution in [1.29, 1.82) is 0 Å². The van der Waals surface area contributed by atoms with Crippen LogP contribution in [0.3, 0.4) is 0 Å². The first-order valence-electron chi connectivity index (χ1n) is 6.24. The Hall–Kier alpha value is -1.16. The third-order valence-corrected chi connectivity index (χ3v) is 3.52. The number of Topliss-reactive ketones (excluding diaryl/α,β-unsaturated/α-hetero) is 1. The van der Waals surface area contributed by atoms with Gasteiger partial charge in [0.25, 0.3) is 11.7 Å². The zero-order valence-corrected chi connectivity index (χ0v) is 12.0. The van der Waals surface area contributed by atoms with Gasteiger partial charge < -0.3 is 4.90 Å². The quantitative estimate of drug-likeness (QED) is 0.619. The van der Waals surface area contributed by atoms with E-state index in [0.29, 0.717) is 17.4 Å². The monoisotopic (exact) mass is 309 g/mol. The highest BCUT2D eigenvalue weighted by Crippen LogP contribution is 2.30. The maximum atomic E-state index is 11.9. The highest BCUT2D eigenvalue weighted by molar-refractivity contribution is 9.09. The van der Waals surface area contributed by atoms with Crippen molar-refractivity contribution in [3.05, 3.63) is 29.3 Å². The van der Waals surface area contributed by atoms with Crippen LogP contribution in [-0.4, -0.2) is 23.6 Å². The number of nitrogens with zero attached hydrogens (tertiary/aromatic N) is 1. The van der Waals surface area contributed by atoms with Crippen LogP contribution >= 0.6 is 15.9 Å². The molecule has 0 aromatic heterocycles. The van der Waals surface area contributed by atoms with Gasteiger partial charge in [0.2, 0.25) is 0 Å². The van der Waals surface area contributed by atoms with Crippen LogP contribution < -0.4 is 4.90 Å². The number of hydrogen-bond acceptors (Lipinski definition) is 2. The number of amides is 1. The number of aryl methyl sites for hydroxylation is 1. The van der Waals surface area contributed by atoms with Gasteiger partial charge in [0.1, 0.15) is 0 Å². The Bertz CT molecular complexity index is 485. The van der Waals surface area contributed by atoms with E-state index in [1.165, 1.54) is 0 Å². The van der Waals surface area contributed by atoms with Crippen molar-refractivity contribution < 1.29 is 9.59 Å². The third kappa shape index (κ3) is 2.34. The van der Waals surface area contributed by atoms with E-state index in [1.54, 1.807) is 4.90 Å². The van der Waals surface area contributed by atoms with E-state index in [0.717, 1.165) is 30.5 Å². The van der Waals surface area contributed by atoms with Gasteiger partial charge in [-0.15, -0.1) is 0 Å². The molecule has 1 aromatic rings. The lowest BCUT2D eigenvalue weighted by Gasteiger charge is -2.14. The summed E-state index contributed by atoms with van der Waals surface area (Å²) >= 11 is 3.30. The number of unbranched alkanes of at least 4 members (excludes halogenated alkanes) is 1. The molecule has 0 atom stereocenters. The van der Waals surface area contributed by atoms with Gasteiger partial charge in [-0.25, -0.2) is 0 Å². The van der Waals surface area contributed by atoms with E-state index in [9.17, 15) is 9.59 Å². The van der Waals surface area contributed by atoms with Gasteiger partial charge in [-0.05, 0) is 30.5 Å². The largest absolute Gasteiger partial charge is 0.304 e. The average molecular weight is 310 g/mol. The minimum Gasteiger partial charge on any atom is -0.304 e. The first kappa shape index (κ1) is 13.3. The average Bonchev–Trinajstić information content (AvgIpc) is 2.62. The maximum Gasteiger partial charge on any atom is 0.299 e. The summed E-state index contributed by atoms with van der Waals surface area (Å²) in [5.41, 5.74) is 2.46. The summed E-state index contributed by atoms with van der Waals surface area (Å²) in [5.74, 6) is -0.776. The van der Waals surface area contributed by atoms with Crippen molar-refractivity contribution in [2.45, 2.75) is 26.2 Å². The molecule has 0 spiro atoms. The lowest BCUT2D eigenvalue weighted by molar-refractivity contribution is -0.114. The van der Waals surface area contributed by atoms with Crippen LogP contribution in [0.25, 0.3) is 0 Å². The third-order valence-electron chi connectivity index (χ3n) is 3.16. The molecule has 1 aromatic carbocycles. The van der Waals surface area contributed by atoms with E-state index < -0.39 is 5.91 Å². The minimum absolute atomic E-state index is 0.371. The summed E-state index contributed by atoms with van der Waals surface area (Å²) in [7, 11) is 0. The first-order chi connectivity index (χ1) is 8.69. The number of rotatable bonds is 5. The smallest absolute Gasteiger partial charge is 0.299 e. The van der Waals surface area contributed by atoms with Crippen molar-refractivity contribution in [2.75, 3.05) is 16.8 Å². The van der Waals surface area contributed by atoms with Crippen molar-refractivity contribution in [2.24, 2.45) is 0 Å². The van der Waals surface area contributed by atoms with Crippen LogP contribution in [0.1, 0.15) is 35.7 Å². The molecule has 0 radical (unpaired) electrons. The predicted octanol–water partition coefficient (Wildman–Crippen LogP) is 2.95. The highest BCUT2D eigenvalue weighted by atomic mass is 79.9. The first-order valence-corrected chi connectivity index (χ1v) is 7.36. The van der Waals surface area contributed by atoms with Crippen molar-refractivity contribution >= 4 is 33.3 Å². The second kappa shape index (κ2) is 5.65. The highest BCUT2D eigenvalue weighted by Gasteiger charge is 2.35. The maximum absolute atomic E-state index is 11.9. The molecule has 4 heteroatoms. The number of benzene rings is 1. The Morgan fingerprint density at radius 3 is 2.72 bits per heavy atom. The number of hydrogen-bond donors (Lipinski definition) is 0. The molecule has 0 saturated carbocycles. The molecule has 2 rings (SSSR count). The number of anilines is 1. The Labute approximate surface area is 115 Å². The van der Waals surface area contributed by atoms with Crippen LogP contribution in [0, 0.1) is 0 Å².